The normalized spacial score (nSPS) is 10.2. The van der Waals surface area contributed by atoms with E-state index in [0.29, 0.717) is 23.1 Å². The molecule has 2 rings (SSSR count). The van der Waals surface area contributed by atoms with Crippen LogP contribution in [0.15, 0.2) is 42.5 Å². The predicted octanol–water partition coefficient (Wildman–Crippen LogP) is 3.81. The maximum Gasteiger partial charge on any atom is 0.142 e. The van der Waals surface area contributed by atoms with E-state index in [2.05, 4.69) is 0 Å². The van der Waals surface area contributed by atoms with Crippen molar-refractivity contribution >= 4 is 17.3 Å². The van der Waals surface area contributed by atoms with Crippen molar-refractivity contribution < 1.29 is 4.74 Å². The molecule has 0 unspecified atom stereocenters. The predicted molar refractivity (Wildman–Crippen MR) is 71.4 cm³/mol. The maximum absolute atomic E-state index is 5.93. The average Bonchev–Trinajstić information content (AvgIpc) is 2.31. The van der Waals surface area contributed by atoms with E-state index in [-0.39, 0.29) is 0 Å². The maximum atomic E-state index is 5.93. The van der Waals surface area contributed by atoms with Gasteiger partial charge in [0, 0.05) is 5.02 Å². The highest BCUT2D eigenvalue weighted by molar-refractivity contribution is 6.30. The molecule has 0 aliphatic carbocycles. The van der Waals surface area contributed by atoms with E-state index in [1.165, 1.54) is 0 Å². The van der Waals surface area contributed by atoms with Gasteiger partial charge >= 0.3 is 0 Å². The molecule has 88 valence electrons. The molecule has 0 spiro atoms. The van der Waals surface area contributed by atoms with E-state index >= 15 is 0 Å². The van der Waals surface area contributed by atoms with Gasteiger partial charge in [0.05, 0.1) is 5.69 Å². The van der Waals surface area contributed by atoms with Crippen molar-refractivity contribution in [3.05, 3.63) is 58.6 Å². The summed E-state index contributed by atoms with van der Waals surface area (Å²) in [6.45, 7) is 2.43. The van der Waals surface area contributed by atoms with Crippen LogP contribution in [0, 0.1) is 6.92 Å². The van der Waals surface area contributed by atoms with Gasteiger partial charge in [0.2, 0.25) is 0 Å². The molecule has 0 saturated heterocycles. The van der Waals surface area contributed by atoms with Gasteiger partial charge in [0.15, 0.2) is 0 Å². The minimum absolute atomic E-state index is 0.466. The molecule has 2 N–H and O–H groups in total. The van der Waals surface area contributed by atoms with E-state index in [4.69, 9.17) is 22.1 Å². The molecule has 0 heterocycles. The van der Waals surface area contributed by atoms with Crippen molar-refractivity contribution in [1.29, 1.82) is 0 Å². The van der Waals surface area contributed by atoms with Gasteiger partial charge in [-0.05, 0) is 36.2 Å². The van der Waals surface area contributed by atoms with Gasteiger partial charge < -0.3 is 10.5 Å². The van der Waals surface area contributed by atoms with Crippen LogP contribution in [0.5, 0.6) is 5.75 Å². The molecule has 0 aromatic heterocycles. The Bertz CT molecular complexity index is 525. The first-order valence-corrected chi connectivity index (χ1v) is 5.77. The van der Waals surface area contributed by atoms with Crippen molar-refractivity contribution in [3.63, 3.8) is 0 Å². The lowest BCUT2D eigenvalue weighted by Crippen LogP contribution is -1.99. The molecule has 2 aromatic carbocycles. The molecule has 2 nitrogen and oxygen atoms in total. The topological polar surface area (TPSA) is 35.2 Å². The number of halogens is 1. The SMILES string of the molecule is Cc1cccc(OCc2cccc(Cl)c2)c1N. The van der Waals surface area contributed by atoms with E-state index in [1.54, 1.807) is 0 Å². The van der Waals surface area contributed by atoms with Gasteiger partial charge in [-0.3, -0.25) is 0 Å². The van der Waals surface area contributed by atoms with Crippen molar-refractivity contribution in [1.82, 2.24) is 0 Å². The molecule has 17 heavy (non-hydrogen) atoms. The van der Waals surface area contributed by atoms with E-state index in [1.807, 2.05) is 49.4 Å². The second-order valence-corrected chi connectivity index (χ2v) is 4.34. The van der Waals surface area contributed by atoms with Gasteiger partial charge in [0.1, 0.15) is 12.4 Å². The molecule has 2 aromatic rings. The van der Waals surface area contributed by atoms with Gasteiger partial charge in [-0.25, -0.2) is 0 Å². The second kappa shape index (κ2) is 5.11. The lowest BCUT2D eigenvalue weighted by molar-refractivity contribution is 0.308. The largest absolute Gasteiger partial charge is 0.487 e. The summed E-state index contributed by atoms with van der Waals surface area (Å²) in [5.41, 5.74) is 8.66. The summed E-state index contributed by atoms with van der Waals surface area (Å²) in [7, 11) is 0. The number of anilines is 1. The third kappa shape index (κ3) is 2.92. The Morgan fingerprint density at radius 2 is 1.94 bits per heavy atom. The lowest BCUT2D eigenvalue weighted by atomic mass is 10.2. The van der Waals surface area contributed by atoms with Crippen LogP contribution in [0.2, 0.25) is 5.02 Å². The fraction of sp³-hybridized carbons (Fsp3) is 0.143. The zero-order chi connectivity index (χ0) is 12.3. The molecule has 0 saturated carbocycles. The third-order valence-electron chi connectivity index (χ3n) is 2.57. The first-order valence-electron chi connectivity index (χ1n) is 5.39. The molecule has 3 heteroatoms. The smallest absolute Gasteiger partial charge is 0.142 e. The van der Waals surface area contributed by atoms with E-state index < -0.39 is 0 Å². The lowest BCUT2D eigenvalue weighted by Gasteiger charge is -2.10. The number of nitrogens with two attached hydrogens (primary N) is 1. The molecule has 0 aliphatic heterocycles. The summed E-state index contributed by atoms with van der Waals surface area (Å²) in [4.78, 5) is 0. The van der Waals surface area contributed by atoms with Crippen molar-refractivity contribution in [2.24, 2.45) is 0 Å². The first kappa shape index (κ1) is 11.8. The third-order valence-corrected chi connectivity index (χ3v) is 2.80. The van der Waals surface area contributed by atoms with Crippen LogP contribution in [0.4, 0.5) is 5.69 Å². The highest BCUT2D eigenvalue weighted by Crippen LogP contribution is 2.25. The molecular weight excluding hydrogens is 234 g/mol. The standard InChI is InChI=1S/C14H14ClNO/c1-10-4-2-7-13(14(10)16)17-9-11-5-3-6-12(15)8-11/h2-8H,9,16H2,1H3. The summed E-state index contributed by atoms with van der Waals surface area (Å²) in [6, 6.07) is 13.4. The molecule has 0 radical (unpaired) electrons. The Morgan fingerprint density at radius 3 is 2.71 bits per heavy atom. The molecule has 0 amide bonds. The monoisotopic (exact) mass is 247 g/mol. The van der Waals surface area contributed by atoms with Gasteiger partial charge in [0.25, 0.3) is 0 Å². The second-order valence-electron chi connectivity index (χ2n) is 3.91. The number of aryl methyl sites for hydroxylation is 1. The average molecular weight is 248 g/mol. The Balaban J connectivity index is 2.10. The first-order chi connectivity index (χ1) is 8.16. The Hall–Kier alpha value is -1.67. The molecular formula is C14H14ClNO. The van der Waals surface area contributed by atoms with Crippen LogP contribution in [-0.2, 0) is 6.61 Å². The van der Waals surface area contributed by atoms with Crippen LogP contribution in [0.3, 0.4) is 0 Å². The molecule has 0 bridgehead atoms. The number of ether oxygens (including phenoxy) is 1. The highest BCUT2D eigenvalue weighted by atomic mass is 35.5. The van der Waals surface area contributed by atoms with Gasteiger partial charge in [-0.1, -0.05) is 35.9 Å². The Labute approximate surface area is 106 Å². The summed E-state index contributed by atoms with van der Waals surface area (Å²) < 4.78 is 5.68. The Kier molecular flexibility index (Phi) is 3.55. The summed E-state index contributed by atoms with van der Waals surface area (Å²) in [5.74, 6) is 0.713. The fourth-order valence-electron chi connectivity index (χ4n) is 1.57. The van der Waals surface area contributed by atoms with Crippen LogP contribution in [0.1, 0.15) is 11.1 Å². The number of nitrogen functional groups attached to an aromatic ring is 1. The number of hydrogen-bond donors (Lipinski definition) is 1. The number of para-hydroxylation sites is 1. The number of hydrogen-bond acceptors (Lipinski definition) is 2. The van der Waals surface area contributed by atoms with Crippen LogP contribution >= 0.6 is 11.6 Å². The minimum Gasteiger partial charge on any atom is -0.487 e. The Morgan fingerprint density at radius 1 is 1.18 bits per heavy atom. The number of rotatable bonds is 3. The number of benzene rings is 2. The zero-order valence-corrected chi connectivity index (χ0v) is 10.4. The zero-order valence-electron chi connectivity index (χ0n) is 9.61. The van der Waals surface area contributed by atoms with Crippen molar-refractivity contribution in [2.75, 3.05) is 5.73 Å². The van der Waals surface area contributed by atoms with Crippen molar-refractivity contribution in [2.45, 2.75) is 13.5 Å². The van der Waals surface area contributed by atoms with Crippen LogP contribution in [0.25, 0.3) is 0 Å². The van der Waals surface area contributed by atoms with Crippen molar-refractivity contribution in [3.8, 4) is 5.75 Å². The van der Waals surface area contributed by atoms with Crippen LogP contribution < -0.4 is 10.5 Å². The highest BCUT2D eigenvalue weighted by Gasteiger charge is 2.03. The van der Waals surface area contributed by atoms with E-state index in [9.17, 15) is 0 Å². The fourth-order valence-corrected chi connectivity index (χ4v) is 1.78. The summed E-state index contributed by atoms with van der Waals surface area (Å²) in [6.07, 6.45) is 0. The molecule has 0 fully saturated rings. The summed E-state index contributed by atoms with van der Waals surface area (Å²) >= 11 is 5.90. The minimum atomic E-state index is 0.466. The van der Waals surface area contributed by atoms with E-state index in [0.717, 1.165) is 11.1 Å². The molecule has 0 atom stereocenters. The van der Waals surface area contributed by atoms with Gasteiger partial charge in [-0.15, -0.1) is 0 Å². The summed E-state index contributed by atoms with van der Waals surface area (Å²) in [5, 5.41) is 0.711. The van der Waals surface area contributed by atoms with Crippen LogP contribution in [-0.4, -0.2) is 0 Å². The van der Waals surface area contributed by atoms with Gasteiger partial charge in [-0.2, -0.15) is 0 Å². The molecule has 0 aliphatic rings. The quantitative estimate of drug-likeness (QED) is 0.837.